The first-order chi connectivity index (χ1) is 5.81. The summed E-state index contributed by atoms with van der Waals surface area (Å²) in [6, 6.07) is 0. The molecule has 1 unspecified atom stereocenters. The van der Waals surface area contributed by atoms with Crippen LogP contribution in [-0.2, 0) is 4.74 Å². The fraction of sp³-hybridized carbons (Fsp3) is 1.00. The molecule has 0 spiro atoms. The minimum absolute atomic E-state index is 0.0587. The first-order valence-electron chi connectivity index (χ1n) is 5.07. The highest BCUT2D eigenvalue weighted by molar-refractivity contribution is 6.19. The van der Waals surface area contributed by atoms with E-state index in [1.54, 1.807) is 0 Å². The number of halogens is 1. The van der Waals surface area contributed by atoms with Crippen molar-refractivity contribution in [3.63, 3.8) is 0 Å². The summed E-state index contributed by atoms with van der Waals surface area (Å²) < 4.78 is 5.39. The predicted molar refractivity (Wildman–Crippen MR) is 54.6 cm³/mol. The van der Waals surface area contributed by atoms with Gasteiger partial charge in [-0.3, -0.25) is 0 Å². The van der Waals surface area contributed by atoms with Crippen molar-refractivity contribution in [2.75, 3.05) is 6.61 Å². The molecule has 0 aromatic rings. The van der Waals surface area contributed by atoms with Crippen molar-refractivity contribution >= 4 is 11.6 Å². The van der Waals surface area contributed by atoms with Crippen LogP contribution in [0.2, 0.25) is 0 Å². The molecule has 0 aromatic carbocycles. The van der Waals surface area contributed by atoms with E-state index in [-0.39, 0.29) is 5.56 Å². The van der Waals surface area contributed by atoms with E-state index in [1.165, 1.54) is 19.3 Å². The van der Waals surface area contributed by atoms with Crippen LogP contribution < -0.4 is 0 Å². The summed E-state index contributed by atoms with van der Waals surface area (Å²) >= 11 is 5.87. The maximum atomic E-state index is 5.87. The van der Waals surface area contributed by atoms with Gasteiger partial charge in [0.1, 0.15) is 5.56 Å². The van der Waals surface area contributed by atoms with Crippen molar-refractivity contribution in [3.8, 4) is 0 Å². The van der Waals surface area contributed by atoms with Crippen LogP contribution in [0.4, 0.5) is 0 Å². The molecule has 0 aliphatic carbocycles. The van der Waals surface area contributed by atoms with Gasteiger partial charge in [-0.05, 0) is 12.8 Å². The lowest BCUT2D eigenvalue weighted by atomic mass is 10.2. The number of hydrogen-bond acceptors (Lipinski definition) is 1. The van der Waals surface area contributed by atoms with Crippen molar-refractivity contribution in [2.24, 2.45) is 0 Å². The quantitative estimate of drug-likeness (QED) is 0.418. The first kappa shape index (κ1) is 12.2. The van der Waals surface area contributed by atoms with Crippen molar-refractivity contribution in [1.82, 2.24) is 0 Å². The normalized spacial score (nSPS) is 13.2. The third-order valence-corrected chi connectivity index (χ3v) is 2.16. The van der Waals surface area contributed by atoms with Gasteiger partial charge < -0.3 is 4.74 Å². The smallest absolute Gasteiger partial charge is 0.131 e. The molecule has 0 aromatic heterocycles. The molecule has 0 fully saturated rings. The van der Waals surface area contributed by atoms with Gasteiger partial charge in [-0.25, -0.2) is 0 Å². The van der Waals surface area contributed by atoms with Crippen LogP contribution in [0.3, 0.4) is 0 Å². The molecule has 0 amide bonds. The average Bonchev–Trinajstić information content (AvgIpc) is 2.05. The molecular weight excluding hydrogens is 172 g/mol. The molecule has 0 aliphatic rings. The van der Waals surface area contributed by atoms with E-state index in [0.29, 0.717) is 0 Å². The summed E-state index contributed by atoms with van der Waals surface area (Å²) in [6.07, 6.45) is 7.08. The summed E-state index contributed by atoms with van der Waals surface area (Å²) in [5, 5.41) is 0. The number of alkyl halides is 1. The Morgan fingerprint density at radius 3 is 2.42 bits per heavy atom. The summed E-state index contributed by atoms with van der Waals surface area (Å²) in [6.45, 7) is 5.16. The minimum atomic E-state index is -0.0587. The van der Waals surface area contributed by atoms with E-state index >= 15 is 0 Å². The Morgan fingerprint density at radius 2 is 1.83 bits per heavy atom. The third kappa shape index (κ3) is 8.35. The van der Waals surface area contributed by atoms with Crippen molar-refractivity contribution in [3.05, 3.63) is 0 Å². The Hall–Kier alpha value is 0.250. The average molecular weight is 193 g/mol. The molecule has 1 atom stereocenters. The van der Waals surface area contributed by atoms with Gasteiger partial charge in [-0.1, -0.05) is 51.1 Å². The SMILES string of the molecule is CCCCCCOC(Cl)CCC. The lowest BCUT2D eigenvalue weighted by molar-refractivity contribution is 0.0978. The van der Waals surface area contributed by atoms with Crippen LogP contribution in [-0.4, -0.2) is 12.2 Å². The van der Waals surface area contributed by atoms with Crippen LogP contribution >= 0.6 is 11.6 Å². The molecule has 2 heteroatoms. The highest BCUT2D eigenvalue weighted by atomic mass is 35.5. The zero-order valence-corrected chi connectivity index (χ0v) is 9.07. The second-order valence-electron chi connectivity index (χ2n) is 3.13. The first-order valence-corrected chi connectivity index (χ1v) is 5.50. The van der Waals surface area contributed by atoms with Crippen LogP contribution in [0.25, 0.3) is 0 Å². The van der Waals surface area contributed by atoms with Gasteiger partial charge in [0.05, 0.1) is 0 Å². The Bertz CT molecular complexity index is 85.9. The zero-order chi connectivity index (χ0) is 9.23. The Kier molecular flexibility index (Phi) is 9.53. The number of unbranched alkanes of at least 4 members (excludes halogenated alkanes) is 3. The number of rotatable bonds is 8. The second kappa shape index (κ2) is 9.34. The molecule has 0 bridgehead atoms. The van der Waals surface area contributed by atoms with Gasteiger partial charge in [-0.2, -0.15) is 0 Å². The number of ether oxygens (including phenoxy) is 1. The lowest BCUT2D eigenvalue weighted by Crippen LogP contribution is -2.05. The van der Waals surface area contributed by atoms with Crippen molar-refractivity contribution in [2.45, 2.75) is 57.9 Å². The summed E-state index contributed by atoms with van der Waals surface area (Å²) in [4.78, 5) is 0. The van der Waals surface area contributed by atoms with E-state index in [2.05, 4.69) is 13.8 Å². The minimum Gasteiger partial charge on any atom is -0.362 e. The summed E-state index contributed by atoms with van der Waals surface area (Å²) in [5.41, 5.74) is -0.0587. The van der Waals surface area contributed by atoms with Crippen LogP contribution in [0, 0.1) is 0 Å². The highest BCUT2D eigenvalue weighted by Crippen LogP contribution is 2.08. The largest absolute Gasteiger partial charge is 0.362 e. The van der Waals surface area contributed by atoms with Crippen LogP contribution in [0.1, 0.15) is 52.4 Å². The zero-order valence-electron chi connectivity index (χ0n) is 8.31. The summed E-state index contributed by atoms with van der Waals surface area (Å²) in [7, 11) is 0. The molecule has 74 valence electrons. The second-order valence-corrected chi connectivity index (χ2v) is 3.62. The molecule has 0 saturated heterocycles. The fourth-order valence-corrected chi connectivity index (χ4v) is 1.36. The lowest BCUT2D eigenvalue weighted by Gasteiger charge is -2.08. The molecular formula is C10H21ClO. The molecule has 1 nitrogen and oxygen atoms in total. The van der Waals surface area contributed by atoms with Gasteiger partial charge in [-0.15, -0.1) is 0 Å². The monoisotopic (exact) mass is 192 g/mol. The maximum absolute atomic E-state index is 5.87. The molecule has 0 rings (SSSR count). The Labute approximate surface area is 81.4 Å². The molecule has 0 radical (unpaired) electrons. The van der Waals surface area contributed by atoms with Crippen molar-refractivity contribution < 1.29 is 4.74 Å². The van der Waals surface area contributed by atoms with E-state index in [1.807, 2.05) is 0 Å². The molecule has 0 saturated carbocycles. The molecule has 12 heavy (non-hydrogen) atoms. The topological polar surface area (TPSA) is 9.23 Å². The van der Waals surface area contributed by atoms with E-state index in [4.69, 9.17) is 16.3 Å². The van der Waals surface area contributed by atoms with Gasteiger partial charge in [0.15, 0.2) is 0 Å². The Balaban J connectivity index is 2.97. The highest BCUT2D eigenvalue weighted by Gasteiger charge is 2.01. The third-order valence-electron chi connectivity index (χ3n) is 1.81. The molecule has 0 N–H and O–H groups in total. The Morgan fingerprint density at radius 1 is 1.08 bits per heavy atom. The van der Waals surface area contributed by atoms with Gasteiger partial charge in [0.25, 0.3) is 0 Å². The van der Waals surface area contributed by atoms with Gasteiger partial charge >= 0.3 is 0 Å². The van der Waals surface area contributed by atoms with Crippen LogP contribution in [0.5, 0.6) is 0 Å². The van der Waals surface area contributed by atoms with Gasteiger partial charge in [0.2, 0.25) is 0 Å². The van der Waals surface area contributed by atoms with Gasteiger partial charge in [0, 0.05) is 6.61 Å². The molecule has 0 heterocycles. The fourth-order valence-electron chi connectivity index (χ4n) is 1.05. The van der Waals surface area contributed by atoms with E-state index in [9.17, 15) is 0 Å². The standard InChI is InChI=1S/C10H21ClO/c1-3-5-6-7-9-12-10(11)8-4-2/h10H,3-9H2,1-2H3. The molecule has 0 aliphatic heterocycles. The predicted octanol–water partition coefficient (Wildman–Crippen LogP) is 3.95. The maximum Gasteiger partial charge on any atom is 0.131 e. The number of hydrogen-bond donors (Lipinski definition) is 0. The van der Waals surface area contributed by atoms with Crippen LogP contribution in [0.15, 0.2) is 0 Å². The van der Waals surface area contributed by atoms with E-state index in [0.717, 1.165) is 25.9 Å². The van der Waals surface area contributed by atoms with Crippen molar-refractivity contribution in [1.29, 1.82) is 0 Å². The summed E-state index contributed by atoms with van der Waals surface area (Å²) in [5.74, 6) is 0. The van der Waals surface area contributed by atoms with E-state index < -0.39 is 0 Å².